The molecule has 0 aliphatic carbocycles. The van der Waals surface area contributed by atoms with Gasteiger partial charge in [0, 0.05) is 18.0 Å². The van der Waals surface area contributed by atoms with Crippen molar-refractivity contribution in [2.45, 2.75) is 46.2 Å². The van der Waals surface area contributed by atoms with Crippen LogP contribution in [0, 0.1) is 6.92 Å². The van der Waals surface area contributed by atoms with Crippen molar-refractivity contribution in [1.29, 1.82) is 0 Å². The van der Waals surface area contributed by atoms with Crippen molar-refractivity contribution >= 4 is 23.2 Å². The summed E-state index contributed by atoms with van der Waals surface area (Å²) < 4.78 is 1.80. The van der Waals surface area contributed by atoms with Crippen LogP contribution in [0.25, 0.3) is 0 Å². The minimum absolute atomic E-state index is 0.0242. The molecule has 0 fully saturated rings. The van der Waals surface area contributed by atoms with Gasteiger partial charge in [0.05, 0.1) is 17.1 Å². The van der Waals surface area contributed by atoms with E-state index in [1.165, 1.54) is 11.3 Å². The molecule has 0 radical (unpaired) electrons. The Morgan fingerprint density at radius 2 is 2.20 bits per heavy atom. The Labute approximate surface area is 150 Å². The maximum Gasteiger partial charge on any atom is 0.284 e. The summed E-state index contributed by atoms with van der Waals surface area (Å²) >= 11 is 1.32. The summed E-state index contributed by atoms with van der Waals surface area (Å²) in [7, 11) is 0. The highest BCUT2D eigenvalue weighted by atomic mass is 32.1. The zero-order valence-corrected chi connectivity index (χ0v) is 15.2. The largest absolute Gasteiger partial charge is 0.332 e. The molecule has 2 aromatic heterocycles. The van der Waals surface area contributed by atoms with Crippen LogP contribution >= 0.6 is 11.3 Å². The molecule has 0 saturated heterocycles. The molecule has 8 heteroatoms. The number of hydrogen-bond acceptors (Lipinski definition) is 5. The maximum atomic E-state index is 13.0. The van der Waals surface area contributed by atoms with Crippen molar-refractivity contribution in [3.63, 3.8) is 0 Å². The smallest absolute Gasteiger partial charge is 0.284 e. The van der Waals surface area contributed by atoms with E-state index in [0.717, 1.165) is 35.5 Å². The summed E-state index contributed by atoms with van der Waals surface area (Å²) in [6.45, 7) is 5.84. The number of thiophene rings is 1. The van der Waals surface area contributed by atoms with Crippen LogP contribution in [-0.2, 0) is 19.5 Å². The molecule has 7 nitrogen and oxygen atoms in total. The fraction of sp³-hybridized carbons (Fsp3) is 0.471. The van der Waals surface area contributed by atoms with Gasteiger partial charge in [-0.25, -0.2) is 5.48 Å². The Bertz CT molecular complexity index is 796. The zero-order valence-electron chi connectivity index (χ0n) is 14.4. The van der Waals surface area contributed by atoms with Crippen LogP contribution < -0.4 is 5.48 Å². The number of rotatable bonds is 5. The normalized spacial score (nSPS) is 13.6. The Balaban J connectivity index is 1.78. The molecular formula is C17H22N4O3S. The van der Waals surface area contributed by atoms with Crippen molar-refractivity contribution in [3.8, 4) is 0 Å². The molecule has 0 atom stereocenters. The molecule has 0 aromatic carbocycles. The number of amides is 2. The Morgan fingerprint density at radius 1 is 1.40 bits per heavy atom. The highest BCUT2D eigenvalue weighted by molar-refractivity contribution is 7.14. The van der Waals surface area contributed by atoms with E-state index in [0.29, 0.717) is 30.1 Å². The van der Waals surface area contributed by atoms with Crippen molar-refractivity contribution in [1.82, 2.24) is 20.2 Å². The van der Waals surface area contributed by atoms with Crippen LogP contribution in [0.15, 0.2) is 12.1 Å². The van der Waals surface area contributed by atoms with Gasteiger partial charge in [-0.1, -0.05) is 13.3 Å². The lowest BCUT2D eigenvalue weighted by atomic mass is 10.1. The summed E-state index contributed by atoms with van der Waals surface area (Å²) in [4.78, 5) is 27.8. The van der Waals surface area contributed by atoms with Gasteiger partial charge in [-0.15, -0.1) is 11.3 Å². The average Bonchev–Trinajstić information content (AvgIpc) is 3.21. The Kier molecular flexibility index (Phi) is 5.19. The first-order valence-electron chi connectivity index (χ1n) is 8.43. The molecule has 0 spiro atoms. The lowest BCUT2D eigenvalue weighted by molar-refractivity contribution is 0.0708. The number of aryl methyl sites for hydroxylation is 2. The average molecular weight is 362 g/mol. The van der Waals surface area contributed by atoms with Crippen molar-refractivity contribution in [2.75, 3.05) is 6.54 Å². The molecular weight excluding hydrogens is 340 g/mol. The van der Waals surface area contributed by atoms with Gasteiger partial charge in [0.15, 0.2) is 0 Å². The first kappa shape index (κ1) is 17.6. The summed E-state index contributed by atoms with van der Waals surface area (Å²) in [6, 6.07) is 3.63. The summed E-state index contributed by atoms with van der Waals surface area (Å²) in [6.07, 6.45) is 2.74. The van der Waals surface area contributed by atoms with Gasteiger partial charge < -0.3 is 4.90 Å². The number of aromatic nitrogens is 2. The second-order valence-corrected chi connectivity index (χ2v) is 7.36. The van der Waals surface area contributed by atoms with E-state index in [2.05, 4.69) is 12.0 Å². The Morgan fingerprint density at radius 3 is 2.92 bits per heavy atom. The topological polar surface area (TPSA) is 87.5 Å². The first-order chi connectivity index (χ1) is 12.0. The van der Waals surface area contributed by atoms with Gasteiger partial charge in [-0.3, -0.25) is 19.5 Å². The molecule has 25 heavy (non-hydrogen) atoms. The van der Waals surface area contributed by atoms with Crippen LogP contribution in [0.4, 0.5) is 0 Å². The molecule has 2 N–H and O–H groups in total. The van der Waals surface area contributed by atoms with Gasteiger partial charge in [0.25, 0.3) is 11.8 Å². The number of carbonyl (C=O) groups excluding carboxylic acids is 2. The molecule has 0 bridgehead atoms. The summed E-state index contributed by atoms with van der Waals surface area (Å²) in [5, 5.41) is 13.2. The van der Waals surface area contributed by atoms with E-state index < -0.39 is 5.91 Å². The van der Waals surface area contributed by atoms with Gasteiger partial charge >= 0.3 is 0 Å². The number of nitrogens with one attached hydrogen (secondary N) is 1. The number of nitrogens with zero attached hydrogens (tertiary/aromatic N) is 3. The quantitative estimate of drug-likeness (QED) is 0.631. The number of fused-ring (bicyclic) bond motifs is 1. The Hall–Kier alpha value is -2.19. The number of unbranched alkanes of at least 4 members (excludes halogenated alkanes) is 1. The number of carbonyl (C=O) groups is 2. The third kappa shape index (κ3) is 3.59. The van der Waals surface area contributed by atoms with Crippen LogP contribution in [-0.4, -0.2) is 38.2 Å². The SMILES string of the molecule is CCCCn1nc(C)cc1C(=O)N1CCc2cc(C(=O)NO)sc2C1. The molecule has 1 aliphatic heterocycles. The van der Waals surface area contributed by atoms with Gasteiger partial charge in [0.1, 0.15) is 5.69 Å². The van der Waals surface area contributed by atoms with Crippen molar-refractivity contribution < 1.29 is 14.8 Å². The van der Waals surface area contributed by atoms with Gasteiger partial charge in [0.2, 0.25) is 0 Å². The van der Waals surface area contributed by atoms with Crippen LogP contribution in [0.5, 0.6) is 0 Å². The van der Waals surface area contributed by atoms with Crippen molar-refractivity contribution in [2.24, 2.45) is 0 Å². The van der Waals surface area contributed by atoms with E-state index in [1.54, 1.807) is 21.1 Å². The fourth-order valence-electron chi connectivity index (χ4n) is 3.02. The molecule has 0 saturated carbocycles. The van der Waals surface area contributed by atoms with Crippen LogP contribution in [0.2, 0.25) is 0 Å². The van der Waals surface area contributed by atoms with E-state index in [4.69, 9.17) is 5.21 Å². The molecule has 134 valence electrons. The van der Waals surface area contributed by atoms with Crippen LogP contribution in [0.1, 0.15) is 56.1 Å². The van der Waals surface area contributed by atoms with E-state index in [9.17, 15) is 9.59 Å². The first-order valence-corrected chi connectivity index (χ1v) is 9.25. The number of hydrogen-bond donors (Lipinski definition) is 2. The number of hydroxylamine groups is 1. The molecule has 3 heterocycles. The predicted octanol–water partition coefficient (Wildman–Crippen LogP) is 2.37. The molecule has 2 aromatic rings. The van der Waals surface area contributed by atoms with E-state index >= 15 is 0 Å². The predicted molar refractivity (Wildman–Crippen MR) is 93.9 cm³/mol. The fourth-order valence-corrected chi connectivity index (χ4v) is 4.14. The highest BCUT2D eigenvalue weighted by Crippen LogP contribution is 2.29. The zero-order chi connectivity index (χ0) is 18.0. The molecule has 1 aliphatic rings. The second kappa shape index (κ2) is 7.37. The van der Waals surface area contributed by atoms with E-state index in [-0.39, 0.29) is 5.91 Å². The van der Waals surface area contributed by atoms with Crippen molar-refractivity contribution in [3.05, 3.63) is 38.8 Å². The lowest BCUT2D eigenvalue weighted by Crippen LogP contribution is -2.36. The maximum absolute atomic E-state index is 13.0. The molecule has 0 unspecified atom stereocenters. The lowest BCUT2D eigenvalue weighted by Gasteiger charge is -2.27. The highest BCUT2D eigenvalue weighted by Gasteiger charge is 2.27. The second-order valence-electron chi connectivity index (χ2n) is 6.22. The monoisotopic (exact) mass is 362 g/mol. The summed E-state index contributed by atoms with van der Waals surface area (Å²) in [5.41, 5.74) is 4.20. The third-order valence-corrected chi connectivity index (χ3v) is 5.50. The summed E-state index contributed by atoms with van der Waals surface area (Å²) in [5.74, 6) is -0.533. The standard InChI is InChI=1S/C17H22N4O3S/c1-3-4-6-21-13(8-11(2)18-21)17(23)20-7-5-12-9-14(16(22)19-24)25-15(12)10-20/h8-9,24H,3-7,10H2,1-2H3,(H,19,22). The third-order valence-electron chi connectivity index (χ3n) is 4.34. The van der Waals surface area contributed by atoms with Gasteiger partial charge in [-0.2, -0.15) is 5.10 Å². The minimum atomic E-state index is -0.509. The molecule has 3 rings (SSSR count). The van der Waals surface area contributed by atoms with E-state index in [1.807, 2.05) is 13.0 Å². The minimum Gasteiger partial charge on any atom is -0.332 e. The van der Waals surface area contributed by atoms with Crippen LogP contribution in [0.3, 0.4) is 0 Å². The molecule has 2 amide bonds. The van der Waals surface area contributed by atoms with Gasteiger partial charge in [-0.05, 0) is 37.5 Å².